The maximum absolute atomic E-state index is 12.7. The molecule has 33 heavy (non-hydrogen) atoms. The summed E-state index contributed by atoms with van der Waals surface area (Å²) < 4.78 is 22.5. The Morgan fingerprint density at radius 2 is 1.73 bits per heavy atom. The Morgan fingerprint density at radius 1 is 0.970 bits per heavy atom. The van der Waals surface area contributed by atoms with E-state index in [-0.39, 0.29) is 5.89 Å². The van der Waals surface area contributed by atoms with Crippen LogP contribution >= 0.6 is 0 Å². The Hall–Kier alpha value is -4.13. The summed E-state index contributed by atoms with van der Waals surface area (Å²) in [5, 5.41) is 8.08. The second-order valence-corrected chi connectivity index (χ2v) is 7.50. The fourth-order valence-electron chi connectivity index (χ4n) is 3.14. The number of aryl methyl sites for hydroxylation is 1. The summed E-state index contributed by atoms with van der Waals surface area (Å²) in [4.78, 5) is 12.7. The molecule has 0 saturated carbocycles. The van der Waals surface area contributed by atoms with Crippen molar-refractivity contribution in [1.82, 2.24) is 10.2 Å². The molecule has 0 spiro atoms. The molecule has 4 aromatic rings. The number of nitrogens with zero attached hydrogens (tertiary/aromatic N) is 2. The quantitative estimate of drug-likeness (QED) is 0.329. The van der Waals surface area contributed by atoms with E-state index < -0.39 is 12.1 Å². The summed E-state index contributed by atoms with van der Waals surface area (Å²) in [6.07, 6.45) is -0.718. The molecule has 1 aromatic heterocycles. The predicted octanol–water partition coefficient (Wildman–Crippen LogP) is 5.55. The zero-order valence-electron chi connectivity index (χ0n) is 18.6. The number of hydrogen-bond donors (Lipinski definition) is 0. The van der Waals surface area contributed by atoms with Crippen LogP contribution in [0.15, 0.2) is 77.2 Å². The average molecular weight is 444 g/mol. The topological polar surface area (TPSA) is 83.7 Å². The second-order valence-electron chi connectivity index (χ2n) is 7.50. The smallest absolute Gasteiger partial charge is 0.339 e. The highest BCUT2D eigenvalue weighted by molar-refractivity contribution is 5.90. The zero-order chi connectivity index (χ0) is 23.2. The van der Waals surface area contributed by atoms with Gasteiger partial charge in [-0.3, -0.25) is 0 Å². The number of carbonyl (C=O) groups excluding carboxylic acids is 1. The van der Waals surface area contributed by atoms with Crippen LogP contribution in [0.25, 0.3) is 11.5 Å². The molecule has 0 saturated heterocycles. The fraction of sp³-hybridized carbons (Fsp3) is 0.192. The lowest BCUT2D eigenvalue weighted by molar-refractivity contribution is 0.0279. The van der Waals surface area contributed by atoms with E-state index in [0.29, 0.717) is 29.6 Å². The van der Waals surface area contributed by atoms with Crippen LogP contribution in [0.2, 0.25) is 0 Å². The van der Waals surface area contributed by atoms with E-state index >= 15 is 0 Å². The van der Waals surface area contributed by atoms with Crippen LogP contribution in [0.3, 0.4) is 0 Å². The fourth-order valence-corrected chi connectivity index (χ4v) is 3.14. The molecule has 0 aliphatic carbocycles. The molecule has 1 heterocycles. The minimum atomic E-state index is -0.718. The van der Waals surface area contributed by atoms with Gasteiger partial charge in [-0.25, -0.2) is 4.79 Å². The normalized spacial score (nSPS) is 11.6. The molecule has 7 heteroatoms. The van der Waals surface area contributed by atoms with E-state index in [2.05, 4.69) is 10.2 Å². The van der Waals surface area contributed by atoms with Crippen molar-refractivity contribution < 1.29 is 23.4 Å². The molecule has 1 unspecified atom stereocenters. The van der Waals surface area contributed by atoms with Gasteiger partial charge in [0.05, 0.1) is 12.7 Å². The van der Waals surface area contributed by atoms with Crippen molar-refractivity contribution in [3.05, 3.63) is 95.4 Å². The number of benzene rings is 3. The third-order valence-corrected chi connectivity index (χ3v) is 5.01. The molecule has 168 valence electrons. The first kappa shape index (κ1) is 22.1. The molecule has 0 aliphatic heterocycles. The molecule has 3 aromatic carbocycles. The lowest BCUT2D eigenvalue weighted by Gasteiger charge is -2.13. The van der Waals surface area contributed by atoms with Crippen LogP contribution in [0.5, 0.6) is 11.5 Å². The standard InChI is InChI=1S/C26H24N2O5/c1-17-9-11-20(12-10-17)25-28-27-24(33-25)18(2)32-26(29)21-13-14-22(23(15-21)30-3)31-16-19-7-5-4-6-8-19/h4-15,18H,16H2,1-3H3. The summed E-state index contributed by atoms with van der Waals surface area (Å²) in [6, 6.07) is 22.4. The van der Waals surface area contributed by atoms with Crippen LogP contribution in [-0.4, -0.2) is 23.3 Å². The summed E-state index contributed by atoms with van der Waals surface area (Å²) in [5.74, 6) is 1.02. The van der Waals surface area contributed by atoms with Gasteiger partial charge in [-0.05, 0) is 49.7 Å². The van der Waals surface area contributed by atoms with Gasteiger partial charge in [0.15, 0.2) is 17.6 Å². The Labute approximate surface area is 191 Å². The Balaban J connectivity index is 1.42. The maximum Gasteiger partial charge on any atom is 0.339 e. The van der Waals surface area contributed by atoms with Gasteiger partial charge in [0, 0.05) is 5.56 Å². The van der Waals surface area contributed by atoms with Gasteiger partial charge in [-0.1, -0.05) is 48.0 Å². The second kappa shape index (κ2) is 9.99. The van der Waals surface area contributed by atoms with Gasteiger partial charge in [0.25, 0.3) is 5.89 Å². The minimum absolute atomic E-state index is 0.216. The lowest BCUT2D eigenvalue weighted by atomic mass is 10.1. The van der Waals surface area contributed by atoms with Crippen molar-refractivity contribution >= 4 is 5.97 Å². The lowest BCUT2D eigenvalue weighted by Crippen LogP contribution is -2.10. The van der Waals surface area contributed by atoms with Crippen molar-refractivity contribution in [2.75, 3.05) is 7.11 Å². The Morgan fingerprint density at radius 3 is 2.45 bits per heavy atom. The number of hydrogen-bond acceptors (Lipinski definition) is 7. The number of methoxy groups -OCH3 is 1. The molecule has 0 fully saturated rings. The minimum Gasteiger partial charge on any atom is -0.493 e. The molecule has 0 aliphatic rings. The van der Waals surface area contributed by atoms with Crippen molar-refractivity contribution in [3.8, 4) is 23.0 Å². The molecule has 4 rings (SSSR count). The van der Waals surface area contributed by atoms with Gasteiger partial charge in [-0.15, -0.1) is 10.2 Å². The summed E-state index contributed by atoms with van der Waals surface area (Å²) in [7, 11) is 1.52. The first-order valence-electron chi connectivity index (χ1n) is 10.5. The van der Waals surface area contributed by atoms with E-state index in [0.717, 1.165) is 16.7 Å². The van der Waals surface area contributed by atoms with Crippen molar-refractivity contribution in [1.29, 1.82) is 0 Å². The zero-order valence-corrected chi connectivity index (χ0v) is 18.6. The van der Waals surface area contributed by atoms with Crippen molar-refractivity contribution in [3.63, 3.8) is 0 Å². The van der Waals surface area contributed by atoms with Crippen LogP contribution in [-0.2, 0) is 11.3 Å². The number of rotatable bonds is 8. The summed E-state index contributed by atoms with van der Waals surface area (Å²) in [5.41, 5.74) is 3.28. The van der Waals surface area contributed by atoms with Gasteiger partial charge in [0.2, 0.25) is 5.89 Å². The monoisotopic (exact) mass is 444 g/mol. The Bertz CT molecular complexity index is 1220. The number of aromatic nitrogens is 2. The van der Waals surface area contributed by atoms with Gasteiger partial charge in [-0.2, -0.15) is 0 Å². The molecular weight excluding hydrogens is 420 g/mol. The van der Waals surface area contributed by atoms with Crippen molar-refractivity contribution in [2.45, 2.75) is 26.6 Å². The third-order valence-electron chi connectivity index (χ3n) is 5.01. The number of esters is 1. The van der Waals surface area contributed by atoms with E-state index in [1.807, 2.05) is 61.5 Å². The highest BCUT2D eigenvalue weighted by atomic mass is 16.6. The SMILES string of the molecule is COc1cc(C(=O)OC(C)c2nnc(-c3ccc(C)cc3)o2)ccc1OCc1ccccc1. The molecule has 7 nitrogen and oxygen atoms in total. The number of ether oxygens (including phenoxy) is 3. The van der Waals surface area contributed by atoms with Crippen LogP contribution < -0.4 is 9.47 Å². The molecule has 1 atom stereocenters. The van der Waals surface area contributed by atoms with E-state index in [9.17, 15) is 4.79 Å². The van der Waals surface area contributed by atoms with E-state index in [1.54, 1.807) is 25.1 Å². The third kappa shape index (κ3) is 5.38. The highest BCUT2D eigenvalue weighted by Gasteiger charge is 2.21. The summed E-state index contributed by atoms with van der Waals surface area (Å²) >= 11 is 0. The van der Waals surface area contributed by atoms with E-state index in [1.165, 1.54) is 7.11 Å². The predicted molar refractivity (Wildman–Crippen MR) is 122 cm³/mol. The molecular formula is C26H24N2O5. The van der Waals surface area contributed by atoms with Gasteiger partial charge in [0.1, 0.15) is 6.61 Å². The van der Waals surface area contributed by atoms with Crippen LogP contribution in [0.1, 0.15) is 40.4 Å². The van der Waals surface area contributed by atoms with E-state index in [4.69, 9.17) is 18.6 Å². The maximum atomic E-state index is 12.7. The average Bonchev–Trinajstić information content (AvgIpc) is 3.34. The molecule has 0 amide bonds. The number of carbonyl (C=O) groups is 1. The van der Waals surface area contributed by atoms with Gasteiger partial charge < -0.3 is 18.6 Å². The van der Waals surface area contributed by atoms with Gasteiger partial charge >= 0.3 is 5.97 Å². The first-order valence-corrected chi connectivity index (χ1v) is 10.5. The molecule has 0 N–H and O–H groups in total. The van der Waals surface area contributed by atoms with Crippen LogP contribution in [0.4, 0.5) is 0 Å². The highest BCUT2D eigenvalue weighted by Crippen LogP contribution is 2.30. The molecule has 0 bridgehead atoms. The van der Waals surface area contributed by atoms with Crippen LogP contribution in [0, 0.1) is 6.92 Å². The molecule has 0 radical (unpaired) electrons. The summed E-state index contributed by atoms with van der Waals surface area (Å²) in [6.45, 7) is 4.07. The first-order chi connectivity index (χ1) is 16.0. The largest absolute Gasteiger partial charge is 0.493 e. The van der Waals surface area contributed by atoms with Crippen molar-refractivity contribution in [2.24, 2.45) is 0 Å². The Kier molecular flexibility index (Phi) is 6.69.